The molecule has 6 nitrogen and oxygen atoms in total. The SMILES string of the molecule is CO[C@@]1(C)C(=O)N2C1N(C(=O)OCc1ccccc1)C[C@@H]2c1ccccc1. The molecule has 2 aromatic rings. The predicted molar refractivity (Wildman–Crippen MR) is 98.6 cm³/mol. The molecular formula is C21H22N2O4. The van der Waals surface area contributed by atoms with E-state index in [2.05, 4.69) is 0 Å². The van der Waals surface area contributed by atoms with Crippen LogP contribution in [0.1, 0.15) is 24.1 Å². The van der Waals surface area contributed by atoms with Crippen LogP contribution in [-0.4, -0.2) is 47.2 Å². The maximum atomic E-state index is 12.8. The van der Waals surface area contributed by atoms with Crippen molar-refractivity contribution in [1.82, 2.24) is 9.80 Å². The number of hydrogen-bond donors (Lipinski definition) is 0. The van der Waals surface area contributed by atoms with Crippen LogP contribution in [0.4, 0.5) is 4.79 Å². The van der Waals surface area contributed by atoms with E-state index in [0.717, 1.165) is 11.1 Å². The van der Waals surface area contributed by atoms with E-state index >= 15 is 0 Å². The molecule has 0 radical (unpaired) electrons. The fourth-order valence-electron chi connectivity index (χ4n) is 3.92. The molecule has 2 aliphatic rings. The highest BCUT2D eigenvalue weighted by molar-refractivity contribution is 5.95. The van der Waals surface area contributed by atoms with Gasteiger partial charge in [-0.2, -0.15) is 0 Å². The Morgan fingerprint density at radius 1 is 1.11 bits per heavy atom. The Morgan fingerprint density at radius 3 is 2.37 bits per heavy atom. The van der Waals surface area contributed by atoms with E-state index in [1.54, 1.807) is 16.7 Å². The average molecular weight is 366 g/mol. The maximum Gasteiger partial charge on any atom is 0.411 e. The number of β-lactam (4-membered cyclic amide) rings is 1. The Labute approximate surface area is 158 Å². The first-order chi connectivity index (χ1) is 13.1. The lowest BCUT2D eigenvalue weighted by atomic mass is 9.88. The standard InChI is InChI=1S/C21H22N2O4/c1-21(26-2)18-22(20(25)27-14-15-9-5-3-6-10-15)13-17(23(18)19(21)24)16-11-7-4-8-12-16/h3-12,17-18H,13-14H2,1-2H3/t17-,18?,21-/m1/s1. The highest BCUT2D eigenvalue weighted by Gasteiger charge is 2.67. The van der Waals surface area contributed by atoms with Gasteiger partial charge in [0.15, 0.2) is 5.60 Å². The van der Waals surface area contributed by atoms with Crippen LogP contribution in [0.2, 0.25) is 0 Å². The highest BCUT2D eigenvalue weighted by atomic mass is 16.6. The predicted octanol–water partition coefficient (Wildman–Crippen LogP) is 2.95. The first-order valence-electron chi connectivity index (χ1n) is 8.96. The lowest BCUT2D eigenvalue weighted by Crippen LogP contribution is -2.75. The molecule has 0 aliphatic carbocycles. The van der Waals surface area contributed by atoms with Gasteiger partial charge in [0.25, 0.3) is 5.91 Å². The molecule has 1 unspecified atom stereocenters. The average Bonchev–Trinajstić information content (AvgIpc) is 3.11. The van der Waals surface area contributed by atoms with E-state index in [1.165, 1.54) is 7.11 Å². The van der Waals surface area contributed by atoms with Crippen molar-refractivity contribution in [3.05, 3.63) is 71.8 Å². The number of amides is 2. The topological polar surface area (TPSA) is 59.1 Å². The molecule has 4 rings (SSSR count). The first kappa shape index (κ1) is 17.5. The Kier molecular flexibility index (Phi) is 4.36. The van der Waals surface area contributed by atoms with Crippen LogP contribution < -0.4 is 0 Å². The third-order valence-corrected chi connectivity index (χ3v) is 5.46. The second kappa shape index (κ2) is 6.70. The quantitative estimate of drug-likeness (QED) is 0.781. The van der Waals surface area contributed by atoms with Crippen LogP contribution >= 0.6 is 0 Å². The summed E-state index contributed by atoms with van der Waals surface area (Å²) in [5.74, 6) is -0.109. The van der Waals surface area contributed by atoms with Gasteiger partial charge in [0.1, 0.15) is 12.8 Å². The van der Waals surface area contributed by atoms with Gasteiger partial charge in [-0.1, -0.05) is 60.7 Å². The summed E-state index contributed by atoms with van der Waals surface area (Å²) in [7, 11) is 1.50. The van der Waals surface area contributed by atoms with E-state index in [-0.39, 0.29) is 18.6 Å². The van der Waals surface area contributed by atoms with Gasteiger partial charge < -0.3 is 14.4 Å². The molecule has 2 aliphatic heterocycles. The minimum Gasteiger partial charge on any atom is -0.444 e. The van der Waals surface area contributed by atoms with Crippen molar-refractivity contribution in [2.24, 2.45) is 0 Å². The van der Waals surface area contributed by atoms with Crippen molar-refractivity contribution in [2.45, 2.75) is 31.3 Å². The zero-order valence-electron chi connectivity index (χ0n) is 15.4. The van der Waals surface area contributed by atoms with E-state index in [4.69, 9.17) is 9.47 Å². The van der Waals surface area contributed by atoms with Crippen molar-refractivity contribution in [3.63, 3.8) is 0 Å². The van der Waals surface area contributed by atoms with Crippen LogP contribution in [0.5, 0.6) is 0 Å². The van der Waals surface area contributed by atoms with Crippen LogP contribution in [0, 0.1) is 0 Å². The summed E-state index contributed by atoms with van der Waals surface area (Å²) in [5.41, 5.74) is 0.864. The van der Waals surface area contributed by atoms with E-state index in [9.17, 15) is 9.59 Å². The van der Waals surface area contributed by atoms with Crippen molar-refractivity contribution in [1.29, 1.82) is 0 Å². The van der Waals surface area contributed by atoms with Gasteiger partial charge in [0, 0.05) is 7.11 Å². The lowest BCUT2D eigenvalue weighted by Gasteiger charge is -2.52. The molecule has 2 amide bonds. The third-order valence-electron chi connectivity index (χ3n) is 5.46. The van der Waals surface area contributed by atoms with E-state index in [0.29, 0.717) is 6.54 Å². The Bertz CT molecular complexity index is 842. The van der Waals surface area contributed by atoms with Crippen LogP contribution in [0.15, 0.2) is 60.7 Å². The summed E-state index contributed by atoms with van der Waals surface area (Å²) < 4.78 is 11.0. The smallest absolute Gasteiger partial charge is 0.411 e. The molecule has 2 heterocycles. The van der Waals surface area contributed by atoms with Crippen molar-refractivity contribution in [2.75, 3.05) is 13.7 Å². The van der Waals surface area contributed by atoms with Gasteiger partial charge in [0.2, 0.25) is 0 Å². The number of fused-ring (bicyclic) bond motifs is 1. The molecule has 0 saturated carbocycles. The van der Waals surface area contributed by atoms with Crippen LogP contribution in [0.3, 0.4) is 0 Å². The minimum atomic E-state index is -1.05. The number of nitrogens with zero attached hydrogens (tertiary/aromatic N) is 2. The van der Waals surface area contributed by atoms with E-state index in [1.807, 2.05) is 60.7 Å². The van der Waals surface area contributed by atoms with Gasteiger partial charge >= 0.3 is 6.09 Å². The first-order valence-corrected chi connectivity index (χ1v) is 8.96. The van der Waals surface area contributed by atoms with Gasteiger partial charge in [0.05, 0.1) is 12.6 Å². The summed E-state index contributed by atoms with van der Waals surface area (Å²) in [5, 5.41) is 0. The fourth-order valence-corrected chi connectivity index (χ4v) is 3.92. The number of hydrogen-bond acceptors (Lipinski definition) is 4. The number of rotatable bonds is 4. The monoisotopic (exact) mass is 366 g/mol. The number of ether oxygens (including phenoxy) is 2. The van der Waals surface area contributed by atoms with Crippen molar-refractivity contribution >= 4 is 12.0 Å². The van der Waals surface area contributed by atoms with Crippen molar-refractivity contribution < 1.29 is 19.1 Å². The largest absolute Gasteiger partial charge is 0.444 e. The van der Waals surface area contributed by atoms with Gasteiger partial charge in [-0.3, -0.25) is 9.69 Å². The molecule has 0 aromatic heterocycles. The summed E-state index contributed by atoms with van der Waals surface area (Å²) in [6, 6.07) is 19.1. The molecular weight excluding hydrogens is 344 g/mol. The van der Waals surface area contributed by atoms with Gasteiger partial charge in [-0.05, 0) is 18.1 Å². The van der Waals surface area contributed by atoms with Gasteiger partial charge in [-0.15, -0.1) is 0 Å². The number of benzene rings is 2. The summed E-state index contributed by atoms with van der Waals surface area (Å²) in [6.07, 6.45) is -0.911. The van der Waals surface area contributed by atoms with E-state index < -0.39 is 17.9 Å². The van der Waals surface area contributed by atoms with Gasteiger partial charge in [-0.25, -0.2) is 4.79 Å². The molecule has 2 aromatic carbocycles. The zero-order chi connectivity index (χ0) is 19.0. The molecule has 0 bridgehead atoms. The maximum absolute atomic E-state index is 12.8. The molecule has 0 N–H and O–H groups in total. The molecule has 3 atom stereocenters. The second-order valence-electron chi connectivity index (χ2n) is 7.02. The minimum absolute atomic E-state index is 0.109. The molecule has 27 heavy (non-hydrogen) atoms. The lowest BCUT2D eigenvalue weighted by molar-refractivity contribution is -0.203. The molecule has 0 spiro atoms. The molecule has 2 fully saturated rings. The Balaban J connectivity index is 1.56. The number of carbonyl (C=O) groups is 2. The fraction of sp³-hybridized carbons (Fsp3) is 0.333. The highest BCUT2D eigenvalue weighted by Crippen LogP contribution is 2.47. The third kappa shape index (κ3) is 2.77. The normalized spacial score (nSPS) is 26.5. The Morgan fingerprint density at radius 2 is 1.74 bits per heavy atom. The molecule has 2 saturated heterocycles. The van der Waals surface area contributed by atoms with Crippen molar-refractivity contribution in [3.8, 4) is 0 Å². The number of methoxy groups -OCH3 is 1. The second-order valence-corrected chi connectivity index (χ2v) is 7.02. The van der Waals surface area contributed by atoms with Crippen LogP contribution in [-0.2, 0) is 20.9 Å². The number of carbonyl (C=O) groups excluding carboxylic acids is 2. The Hall–Kier alpha value is -2.86. The summed E-state index contributed by atoms with van der Waals surface area (Å²) in [4.78, 5) is 28.9. The molecule has 140 valence electrons. The molecule has 6 heteroatoms. The van der Waals surface area contributed by atoms with Crippen LogP contribution in [0.25, 0.3) is 0 Å². The zero-order valence-corrected chi connectivity index (χ0v) is 15.4. The summed E-state index contributed by atoms with van der Waals surface area (Å²) >= 11 is 0. The summed E-state index contributed by atoms with van der Waals surface area (Å²) in [6.45, 7) is 2.30.